The Labute approximate surface area is 102 Å². The highest BCUT2D eigenvalue weighted by atomic mass is 16.5. The summed E-state index contributed by atoms with van der Waals surface area (Å²) in [7, 11) is 1.86. The van der Waals surface area contributed by atoms with Gasteiger partial charge in [0.05, 0.1) is 11.6 Å². The second-order valence-corrected chi connectivity index (χ2v) is 4.74. The fraction of sp³-hybridized carbons (Fsp3) is 0.667. The van der Waals surface area contributed by atoms with Gasteiger partial charge in [0, 0.05) is 19.7 Å². The molecule has 1 fully saturated rings. The molecule has 0 spiro atoms. The lowest BCUT2D eigenvalue weighted by Crippen LogP contribution is -2.41. The third-order valence-corrected chi connectivity index (χ3v) is 3.39. The zero-order valence-corrected chi connectivity index (χ0v) is 10.9. The van der Waals surface area contributed by atoms with Crippen molar-refractivity contribution in [2.45, 2.75) is 38.8 Å². The van der Waals surface area contributed by atoms with Crippen molar-refractivity contribution in [3.63, 3.8) is 0 Å². The number of hydrogen-bond donors (Lipinski definition) is 2. The summed E-state index contributed by atoms with van der Waals surface area (Å²) < 4.78 is 5.61. The number of anilines is 2. The second kappa shape index (κ2) is 4.49. The van der Waals surface area contributed by atoms with Crippen molar-refractivity contribution >= 4 is 11.6 Å². The average molecular weight is 236 g/mol. The molecule has 1 saturated heterocycles. The zero-order chi connectivity index (χ0) is 12.5. The van der Waals surface area contributed by atoms with Gasteiger partial charge >= 0.3 is 0 Å². The zero-order valence-electron chi connectivity index (χ0n) is 10.9. The summed E-state index contributed by atoms with van der Waals surface area (Å²) in [6, 6.07) is 1.92. The van der Waals surface area contributed by atoms with E-state index in [1.165, 1.54) is 0 Å². The van der Waals surface area contributed by atoms with E-state index >= 15 is 0 Å². The van der Waals surface area contributed by atoms with Gasteiger partial charge in [0.2, 0.25) is 0 Å². The van der Waals surface area contributed by atoms with E-state index in [1.807, 2.05) is 20.0 Å². The Kier molecular flexibility index (Phi) is 3.19. The van der Waals surface area contributed by atoms with Crippen molar-refractivity contribution in [3.8, 4) is 0 Å². The fourth-order valence-corrected chi connectivity index (χ4v) is 2.05. The highest BCUT2D eigenvalue weighted by molar-refractivity contribution is 5.48. The van der Waals surface area contributed by atoms with Gasteiger partial charge in [-0.05, 0) is 27.2 Å². The monoisotopic (exact) mass is 236 g/mol. The molecule has 0 aliphatic carbocycles. The van der Waals surface area contributed by atoms with Crippen LogP contribution in [0.1, 0.15) is 26.1 Å². The van der Waals surface area contributed by atoms with E-state index in [1.54, 1.807) is 0 Å². The Morgan fingerprint density at radius 3 is 2.71 bits per heavy atom. The molecule has 0 amide bonds. The minimum absolute atomic E-state index is 0.0498. The fourth-order valence-electron chi connectivity index (χ4n) is 2.05. The maximum absolute atomic E-state index is 5.61. The molecule has 2 rings (SSSR count). The summed E-state index contributed by atoms with van der Waals surface area (Å²) >= 11 is 0. The average Bonchev–Trinajstić information content (AvgIpc) is 2.58. The molecule has 0 radical (unpaired) electrons. The third kappa shape index (κ3) is 2.49. The molecule has 0 bridgehead atoms. The van der Waals surface area contributed by atoms with Crippen molar-refractivity contribution in [3.05, 3.63) is 11.9 Å². The minimum atomic E-state index is -0.0498. The van der Waals surface area contributed by atoms with Crippen LogP contribution in [-0.2, 0) is 4.74 Å². The first-order valence-electron chi connectivity index (χ1n) is 5.97. The summed E-state index contributed by atoms with van der Waals surface area (Å²) in [5.74, 6) is 2.44. The van der Waals surface area contributed by atoms with Crippen LogP contribution in [0.4, 0.5) is 11.6 Å². The summed E-state index contributed by atoms with van der Waals surface area (Å²) in [5.41, 5.74) is -0.0498. The molecule has 1 aromatic rings. The summed E-state index contributed by atoms with van der Waals surface area (Å²) in [4.78, 5) is 8.68. The molecular formula is C12H20N4O. The first-order chi connectivity index (χ1) is 8.03. The van der Waals surface area contributed by atoms with E-state index in [-0.39, 0.29) is 11.6 Å². The SMILES string of the molecule is CNc1cc(NC2(C)CCOC2C)nc(C)n1. The van der Waals surface area contributed by atoms with Crippen molar-refractivity contribution in [1.29, 1.82) is 0 Å². The van der Waals surface area contributed by atoms with Gasteiger partial charge in [-0.3, -0.25) is 0 Å². The smallest absolute Gasteiger partial charge is 0.132 e. The first-order valence-corrected chi connectivity index (χ1v) is 5.97. The molecule has 1 aromatic heterocycles. The van der Waals surface area contributed by atoms with Crippen LogP contribution in [0.15, 0.2) is 6.07 Å². The summed E-state index contributed by atoms with van der Waals surface area (Å²) in [5, 5.41) is 6.50. The molecule has 2 unspecified atom stereocenters. The van der Waals surface area contributed by atoms with Gasteiger partial charge < -0.3 is 15.4 Å². The van der Waals surface area contributed by atoms with Crippen LogP contribution in [0, 0.1) is 6.92 Å². The van der Waals surface area contributed by atoms with E-state index in [9.17, 15) is 0 Å². The molecule has 5 heteroatoms. The Morgan fingerprint density at radius 2 is 2.12 bits per heavy atom. The van der Waals surface area contributed by atoms with E-state index in [2.05, 4.69) is 34.4 Å². The number of aromatic nitrogens is 2. The summed E-state index contributed by atoms with van der Waals surface area (Å²) in [6.45, 7) is 6.95. The van der Waals surface area contributed by atoms with Gasteiger partial charge in [0.25, 0.3) is 0 Å². The number of nitrogens with one attached hydrogen (secondary N) is 2. The Balaban J connectivity index is 2.20. The van der Waals surface area contributed by atoms with E-state index in [0.29, 0.717) is 0 Å². The van der Waals surface area contributed by atoms with E-state index in [4.69, 9.17) is 4.74 Å². The molecule has 2 heterocycles. The van der Waals surface area contributed by atoms with Gasteiger partial charge in [0.1, 0.15) is 17.5 Å². The first kappa shape index (κ1) is 12.1. The molecule has 1 aliphatic rings. The number of nitrogens with zero attached hydrogens (tertiary/aromatic N) is 2. The van der Waals surface area contributed by atoms with Crippen LogP contribution in [-0.4, -0.2) is 35.3 Å². The van der Waals surface area contributed by atoms with Gasteiger partial charge in [0.15, 0.2) is 0 Å². The Bertz CT molecular complexity index is 409. The van der Waals surface area contributed by atoms with E-state index < -0.39 is 0 Å². The third-order valence-electron chi connectivity index (χ3n) is 3.39. The van der Waals surface area contributed by atoms with Gasteiger partial charge in [-0.1, -0.05) is 0 Å². The lowest BCUT2D eigenvalue weighted by molar-refractivity contribution is 0.105. The van der Waals surface area contributed by atoms with Crippen LogP contribution < -0.4 is 10.6 Å². The van der Waals surface area contributed by atoms with E-state index in [0.717, 1.165) is 30.5 Å². The van der Waals surface area contributed by atoms with Crippen molar-refractivity contribution < 1.29 is 4.74 Å². The largest absolute Gasteiger partial charge is 0.376 e. The molecule has 5 nitrogen and oxygen atoms in total. The highest BCUT2D eigenvalue weighted by Gasteiger charge is 2.37. The number of rotatable bonds is 3. The standard InChI is InChI=1S/C12H20N4O/c1-8-12(3,5-6-17-8)16-11-7-10(13-4)14-9(2)15-11/h7-8H,5-6H2,1-4H3,(H2,13,14,15,16). The van der Waals surface area contributed by atoms with Crippen LogP contribution in [0.5, 0.6) is 0 Å². The lowest BCUT2D eigenvalue weighted by atomic mass is 9.95. The molecule has 0 aromatic carbocycles. The van der Waals surface area contributed by atoms with Crippen LogP contribution in [0.2, 0.25) is 0 Å². The second-order valence-electron chi connectivity index (χ2n) is 4.74. The quantitative estimate of drug-likeness (QED) is 0.838. The number of aryl methyl sites for hydroxylation is 1. The molecule has 0 saturated carbocycles. The Hall–Kier alpha value is -1.36. The lowest BCUT2D eigenvalue weighted by Gasteiger charge is -2.29. The normalized spacial score (nSPS) is 28.1. The molecule has 94 valence electrons. The van der Waals surface area contributed by atoms with Crippen molar-refractivity contribution in [1.82, 2.24) is 9.97 Å². The van der Waals surface area contributed by atoms with Gasteiger partial charge in [-0.15, -0.1) is 0 Å². The molecule has 17 heavy (non-hydrogen) atoms. The Morgan fingerprint density at radius 1 is 1.41 bits per heavy atom. The van der Waals surface area contributed by atoms with Gasteiger partial charge in [-0.2, -0.15) is 0 Å². The molecule has 2 atom stereocenters. The van der Waals surface area contributed by atoms with Crippen LogP contribution in [0.25, 0.3) is 0 Å². The predicted octanol–water partition coefficient (Wildman–Crippen LogP) is 1.81. The summed E-state index contributed by atoms with van der Waals surface area (Å²) in [6.07, 6.45) is 1.18. The predicted molar refractivity (Wildman–Crippen MR) is 68.4 cm³/mol. The van der Waals surface area contributed by atoms with Crippen molar-refractivity contribution in [2.24, 2.45) is 0 Å². The maximum Gasteiger partial charge on any atom is 0.132 e. The molecule has 2 N–H and O–H groups in total. The topological polar surface area (TPSA) is 59.1 Å². The highest BCUT2D eigenvalue weighted by Crippen LogP contribution is 2.29. The maximum atomic E-state index is 5.61. The van der Waals surface area contributed by atoms with Crippen LogP contribution in [0.3, 0.4) is 0 Å². The molecule has 1 aliphatic heterocycles. The number of hydrogen-bond acceptors (Lipinski definition) is 5. The number of ether oxygens (including phenoxy) is 1. The van der Waals surface area contributed by atoms with Crippen molar-refractivity contribution in [2.75, 3.05) is 24.3 Å². The van der Waals surface area contributed by atoms with Crippen LogP contribution >= 0.6 is 0 Å². The minimum Gasteiger partial charge on any atom is -0.376 e. The van der Waals surface area contributed by atoms with Gasteiger partial charge in [-0.25, -0.2) is 9.97 Å². The molecular weight excluding hydrogens is 216 g/mol.